The van der Waals surface area contributed by atoms with E-state index in [0.29, 0.717) is 12.2 Å². The molecular formula is C23H21FN4O3S. The lowest BCUT2D eigenvalue weighted by Gasteiger charge is -2.30. The number of hydrogen-bond acceptors (Lipinski definition) is 5. The maximum atomic E-state index is 13.1. The van der Waals surface area contributed by atoms with E-state index in [1.54, 1.807) is 19.2 Å². The zero-order valence-electron chi connectivity index (χ0n) is 17.3. The molecule has 0 unspecified atom stereocenters. The number of imidazole rings is 1. The Bertz CT molecular complexity index is 1380. The van der Waals surface area contributed by atoms with Crippen LogP contribution in [0.1, 0.15) is 5.82 Å². The van der Waals surface area contributed by atoms with Crippen molar-refractivity contribution in [2.24, 2.45) is 0 Å². The standard InChI is InChI=1S/C23H21FN4O3S/c1-31-19-7-5-18(6-8-19)27-12-13-28-22-11-4-17(14-21(22)25-23(28)15-27)26-32(29,30)20-9-2-16(24)3-10-20/h2-11,14,26H,12-13,15H2,1H3. The molecule has 5 rings (SSSR count). The van der Waals surface area contributed by atoms with Gasteiger partial charge in [-0.2, -0.15) is 0 Å². The molecule has 0 bridgehead atoms. The van der Waals surface area contributed by atoms with Crippen LogP contribution in [-0.2, 0) is 23.1 Å². The third-order valence-electron chi connectivity index (χ3n) is 5.57. The molecule has 164 valence electrons. The van der Waals surface area contributed by atoms with Gasteiger partial charge in [-0.3, -0.25) is 4.72 Å². The second-order valence-electron chi connectivity index (χ2n) is 7.56. The van der Waals surface area contributed by atoms with E-state index in [1.807, 2.05) is 30.3 Å². The Morgan fingerprint density at radius 2 is 1.75 bits per heavy atom. The summed E-state index contributed by atoms with van der Waals surface area (Å²) in [5, 5.41) is 0. The van der Waals surface area contributed by atoms with Crippen LogP contribution in [0.5, 0.6) is 5.75 Å². The minimum absolute atomic E-state index is 0.00161. The molecule has 9 heteroatoms. The molecule has 0 saturated carbocycles. The van der Waals surface area contributed by atoms with Gasteiger partial charge in [-0.25, -0.2) is 17.8 Å². The number of halogens is 1. The average molecular weight is 453 g/mol. The zero-order valence-corrected chi connectivity index (χ0v) is 18.1. The van der Waals surface area contributed by atoms with Crippen molar-refractivity contribution < 1.29 is 17.5 Å². The monoisotopic (exact) mass is 452 g/mol. The van der Waals surface area contributed by atoms with Crippen LogP contribution in [0.15, 0.2) is 71.6 Å². The number of hydrogen-bond donors (Lipinski definition) is 1. The van der Waals surface area contributed by atoms with Gasteiger partial charge in [-0.1, -0.05) is 0 Å². The van der Waals surface area contributed by atoms with Crippen molar-refractivity contribution in [3.63, 3.8) is 0 Å². The number of nitrogens with zero attached hydrogens (tertiary/aromatic N) is 3. The van der Waals surface area contributed by atoms with E-state index in [4.69, 9.17) is 9.72 Å². The molecular weight excluding hydrogens is 431 g/mol. The Morgan fingerprint density at radius 3 is 2.47 bits per heavy atom. The first-order valence-corrected chi connectivity index (χ1v) is 11.6. The molecule has 7 nitrogen and oxygen atoms in total. The van der Waals surface area contributed by atoms with Crippen LogP contribution in [0.3, 0.4) is 0 Å². The molecule has 0 atom stereocenters. The Labute approximate surface area is 185 Å². The van der Waals surface area contributed by atoms with Gasteiger partial charge >= 0.3 is 0 Å². The number of sulfonamides is 1. The Kier molecular flexibility index (Phi) is 4.97. The van der Waals surface area contributed by atoms with Gasteiger partial charge in [0.1, 0.15) is 17.4 Å². The van der Waals surface area contributed by atoms with Crippen molar-refractivity contribution in [1.82, 2.24) is 9.55 Å². The van der Waals surface area contributed by atoms with Crippen LogP contribution in [0, 0.1) is 5.82 Å². The fourth-order valence-corrected chi connectivity index (χ4v) is 4.97. The number of methoxy groups -OCH3 is 1. The Hall–Kier alpha value is -3.59. The van der Waals surface area contributed by atoms with E-state index in [1.165, 1.54) is 12.1 Å². The number of benzene rings is 3. The van der Waals surface area contributed by atoms with E-state index in [2.05, 4.69) is 14.2 Å². The molecule has 0 fully saturated rings. The van der Waals surface area contributed by atoms with E-state index in [0.717, 1.165) is 53.5 Å². The Balaban J connectivity index is 1.40. The summed E-state index contributed by atoms with van der Waals surface area (Å²) in [6, 6.07) is 18.0. The molecule has 1 aliphatic heterocycles. The molecule has 1 N–H and O–H groups in total. The van der Waals surface area contributed by atoms with E-state index in [-0.39, 0.29) is 4.90 Å². The fraction of sp³-hybridized carbons (Fsp3) is 0.174. The minimum atomic E-state index is -3.82. The molecule has 0 spiro atoms. The van der Waals surface area contributed by atoms with Crippen LogP contribution >= 0.6 is 0 Å². The summed E-state index contributed by atoms with van der Waals surface area (Å²) < 4.78 is 48.3. The summed E-state index contributed by atoms with van der Waals surface area (Å²) in [5.41, 5.74) is 3.18. The maximum Gasteiger partial charge on any atom is 0.261 e. The van der Waals surface area contributed by atoms with Gasteiger partial charge in [0.05, 0.1) is 35.3 Å². The van der Waals surface area contributed by atoms with Gasteiger partial charge in [0.2, 0.25) is 0 Å². The van der Waals surface area contributed by atoms with Gasteiger partial charge < -0.3 is 14.2 Å². The summed E-state index contributed by atoms with van der Waals surface area (Å²) in [6.45, 7) is 2.26. The number of ether oxygens (including phenoxy) is 1. The highest BCUT2D eigenvalue weighted by Crippen LogP contribution is 2.28. The summed E-state index contributed by atoms with van der Waals surface area (Å²) in [7, 11) is -2.18. The third kappa shape index (κ3) is 3.75. The zero-order chi connectivity index (χ0) is 22.3. The van der Waals surface area contributed by atoms with E-state index < -0.39 is 15.8 Å². The van der Waals surface area contributed by atoms with Crippen molar-refractivity contribution in [1.29, 1.82) is 0 Å². The van der Waals surface area contributed by atoms with Gasteiger partial charge in [0.25, 0.3) is 10.0 Å². The van der Waals surface area contributed by atoms with Crippen LogP contribution in [-0.4, -0.2) is 31.6 Å². The summed E-state index contributed by atoms with van der Waals surface area (Å²) in [6.07, 6.45) is 0. The SMILES string of the molecule is COc1ccc(N2CCn3c(nc4cc(NS(=O)(=O)c5ccc(F)cc5)ccc43)C2)cc1. The topological polar surface area (TPSA) is 76.5 Å². The van der Waals surface area contributed by atoms with Crippen molar-refractivity contribution in [2.75, 3.05) is 23.3 Å². The first kappa shape index (κ1) is 20.3. The lowest BCUT2D eigenvalue weighted by Crippen LogP contribution is -2.33. The van der Waals surface area contributed by atoms with Crippen LogP contribution in [0.4, 0.5) is 15.8 Å². The number of nitrogens with one attached hydrogen (secondary N) is 1. The molecule has 0 radical (unpaired) electrons. The number of fused-ring (bicyclic) bond motifs is 3. The normalized spacial score (nSPS) is 13.8. The highest BCUT2D eigenvalue weighted by atomic mass is 32.2. The first-order chi connectivity index (χ1) is 15.4. The first-order valence-electron chi connectivity index (χ1n) is 10.1. The van der Waals surface area contributed by atoms with E-state index >= 15 is 0 Å². The van der Waals surface area contributed by atoms with Crippen molar-refractivity contribution in [2.45, 2.75) is 18.0 Å². The molecule has 4 aromatic rings. The van der Waals surface area contributed by atoms with Crippen molar-refractivity contribution >= 4 is 32.4 Å². The predicted molar refractivity (Wildman–Crippen MR) is 121 cm³/mol. The summed E-state index contributed by atoms with van der Waals surface area (Å²) >= 11 is 0. The molecule has 3 aromatic carbocycles. The minimum Gasteiger partial charge on any atom is -0.497 e. The van der Waals surface area contributed by atoms with Gasteiger partial charge in [-0.15, -0.1) is 0 Å². The number of rotatable bonds is 5. The highest BCUT2D eigenvalue weighted by molar-refractivity contribution is 7.92. The predicted octanol–water partition coefficient (Wildman–Crippen LogP) is 4.01. The summed E-state index contributed by atoms with van der Waals surface area (Å²) in [5.74, 6) is 1.24. The van der Waals surface area contributed by atoms with Crippen molar-refractivity contribution in [3.05, 3.63) is 78.4 Å². The lowest BCUT2D eigenvalue weighted by atomic mass is 10.2. The number of aromatic nitrogens is 2. The van der Waals surface area contributed by atoms with E-state index in [9.17, 15) is 12.8 Å². The molecule has 0 saturated heterocycles. The largest absolute Gasteiger partial charge is 0.497 e. The second kappa shape index (κ2) is 7.83. The molecule has 0 amide bonds. The highest BCUT2D eigenvalue weighted by Gasteiger charge is 2.21. The van der Waals surface area contributed by atoms with Crippen LogP contribution < -0.4 is 14.4 Å². The quantitative estimate of drug-likeness (QED) is 0.495. The van der Waals surface area contributed by atoms with Gasteiger partial charge in [-0.05, 0) is 66.7 Å². The average Bonchev–Trinajstić information content (AvgIpc) is 3.16. The molecule has 32 heavy (non-hydrogen) atoms. The third-order valence-corrected chi connectivity index (χ3v) is 6.96. The van der Waals surface area contributed by atoms with Crippen LogP contribution in [0.25, 0.3) is 11.0 Å². The fourth-order valence-electron chi connectivity index (χ4n) is 3.93. The molecule has 1 aromatic heterocycles. The summed E-state index contributed by atoms with van der Waals surface area (Å²) in [4.78, 5) is 7.00. The van der Waals surface area contributed by atoms with Crippen LogP contribution in [0.2, 0.25) is 0 Å². The smallest absolute Gasteiger partial charge is 0.261 e. The second-order valence-corrected chi connectivity index (χ2v) is 9.24. The molecule has 1 aliphatic rings. The molecule has 0 aliphatic carbocycles. The lowest BCUT2D eigenvalue weighted by molar-refractivity contribution is 0.414. The van der Waals surface area contributed by atoms with Crippen molar-refractivity contribution in [3.8, 4) is 5.75 Å². The van der Waals surface area contributed by atoms with Gasteiger partial charge in [0, 0.05) is 18.8 Å². The Morgan fingerprint density at radius 1 is 1.00 bits per heavy atom. The molecule has 2 heterocycles. The number of anilines is 2. The van der Waals surface area contributed by atoms with Gasteiger partial charge in [0.15, 0.2) is 0 Å². The maximum absolute atomic E-state index is 13.1.